The van der Waals surface area contributed by atoms with Crippen molar-refractivity contribution in [2.24, 2.45) is 5.92 Å². The summed E-state index contributed by atoms with van der Waals surface area (Å²) in [5.74, 6) is 0.437. The first-order valence-electron chi connectivity index (χ1n) is 5.94. The van der Waals surface area contributed by atoms with Crippen molar-refractivity contribution >= 4 is 17.6 Å². The van der Waals surface area contributed by atoms with Crippen LogP contribution < -0.4 is 16.4 Å². The Bertz CT molecular complexity index is 440. The highest BCUT2D eigenvalue weighted by Gasteiger charge is 2.28. The van der Waals surface area contributed by atoms with E-state index in [1.165, 1.54) is 6.20 Å². The number of anilines is 1. The van der Waals surface area contributed by atoms with Crippen LogP contribution in [0.3, 0.4) is 0 Å². The standard InChI is InChI=1S/C12H16N4O2/c13-10-4-3-9(7-16-10)12(18)15-6-5-14-11(17)8-1-2-8/h3-4,7-8H,1-2,5-6H2,(H2,13,16)(H,14,17)(H,15,18). The Hall–Kier alpha value is -2.11. The maximum Gasteiger partial charge on any atom is 0.252 e. The third-order valence-electron chi connectivity index (χ3n) is 2.71. The number of nitrogens with zero attached hydrogens (tertiary/aromatic N) is 1. The van der Waals surface area contributed by atoms with Crippen LogP contribution in [0.15, 0.2) is 18.3 Å². The maximum atomic E-state index is 11.6. The number of nitrogens with two attached hydrogens (primary N) is 1. The van der Waals surface area contributed by atoms with Crippen LogP contribution in [0, 0.1) is 5.92 Å². The van der Waals surface area contributed by atoms with Gasteiger partial charge in [-0.05, 0) is 25.0 Å². The Labute approximate surface area is 105 Å². The number of pyridine rings is 1. The number of amides is 2. The Morgan fingerprint density at radius 2 is 2.00 bits per heavy atom. The number of hydrogen-bond donors (Lipinski definition) is 3. The fraction of sp³-hybridized carbons (Fsp3) is 0.417. The molecular weight excluding hydrogens is 232 g/mol. The van der Waals surface area contributed by atoms with E-state index in [1.807, 2.05) is 0 Å². The van der Waals surface area contributed by atoms with Crippen molar-refractivity contribution in [2.45, 2.75) is 12.8 Å². The normalized spacial score (nSPS) is 14.0. The minimum Gasteiger partial charge on any atom is -0.384 e. The van der Waals surface area contributed by atoms with Crippen molar-refractivity contribution in [2.75, 3.05) is 18.8 Å². The van der Waals surface area contributed by atoms with Gasteiger partial charge in [0.2, 0.25) is 5.91 Å². The topological polar surface area (TPSA) is 97.1 Å². The number of rotatable bonds is 5. The summed E-state index contributed by atoms with van der Waals surface area (Å²) in [5.41, 5.74) is 5.88. The van der Waals surface area contributed by atoms with Crippen molar-refractivity contribution < 1.29 is 9.59 Å². The molecule has 0 aromatic carbocycles. The molecule has 0 aliphatic heterocycles. The molecule has 1 saturated carbocycles. The van der Waals surface area contributed by atoms with E-state index in [0.717, 1.165) is 12.8 Å². The van der Waals surface area contributed by atoms with Crippen LogP contribution in [-0.2, 0) is 4.79 Å². The van der Waals surface area contributed by atoms with Crippen molar-refractivity contribution in [3.63, 3.8) is 0 Å². The minimum absolute atomic E-state index is 0.0819. The van der Waals surface area contributed by atoms with Crippen molar-refractivity contribution in [1.29, 1.82) is 0 Å². The smallest absolute Gasteiger partial charge is 0.252 e. The van der Waals surface area contributed by atoms with Gasteiger partial charge in [0.05, 0.1) is 5.56 Å². The molecular formula is C12H16N4O2. The lowest BCUT2D eigenvalue weighted by molar-refractivity contribution is -0.122. The van der Waals surface area contributed by atoms with Crippen LogP contribution >= 0.6 is 0 Å². The number of hydrogen-bond acceptors (Lipinski definition) is 4. The molecule has 0 unspecified atom stereocenters. The second-order valence-electron chi connectivity index (χ2n) is 4.29. The zero-order valence-electron chi connectivity index (χ0n) is 9.98. The van der Waals surface area contributed by atoms with Crippen LogP contribution in [-0.4, -0.2) is 29.9 Å². The summed E-state index contributed by atoms with van der Waals surface area (Å²) >= 11 is 0. The van der Waals surface area contributed by atoms with Gasteiger partial charge in [0.1, 0.15) is 5.82 Å². The molecule has 0 spiro atoms. The Kier molecular flexibility index (Phi) is 3.76. The highest BCUT2D eigenvalue weighted by molar-refractivity contribution is 5.94. The summed E-state index contributed by atoms with van der Waals surface area (Å²) in [5, 5.41) is 5.47. The molecule has 6 heteroatoms. The molecule has 0 bridgehead atoms. The largest absolute Gasteiger partial charge is 0.384 e. The number of nitrogen functional groups attached to an aromatic ring is 1. The number of carbonyl (C=O) groups is 2. The average Bonchev–Trinajstić information content (AvgIpc) is 3.19. The molecule has 2 rings (SSSR count). The van der Waals surface area contributed by atoms with E-state index < -0.39 is 0 Å². The molecule has 1 aromatic heterocycles. The number of nitrogens with one attached hydrogen (secondary N) is 2. The predicted octanol–water partition coefficient (Wildman–Crippen LogP) is -0.0802. The molecule has 0 atom stereocenters. The summed E-state index contributed by atoms with van der Waals surface area (Å²) < 4.78 is 0. The molecule has 2 amide bonds. The Morgan fingerprint density at radius 1 is 1.28 bits per heavy atom. The number of carbonyl (C=O) groups excluding carboxylic acids is 2. The molecule has 1 aromatic rings. The van der Waals surface area contributed by atoms with Crippen molar-refractivity contribution in [3.8, 4) is 0 Å². The minimum atomic E-state index is -0.219. The zero-order valence-corrected chi connectivity index (χ0v) is 9.98. The third-order valence-corrected chi connectivity index (χ3v) is 2.71. The SMILES string of the molecule is Nc1ccc(C(=O)NCCNC(=O)C2CC2)cn1. The van der Waals surface area contributed by atoms with Crippen molar-refractivity contribution in [3.05, 3.63) is 23.9 Å². The summed E-state index contributed by atoms with van der Waals surface area (Å²) in [6.45, 7) is 0.852. The Balaban J connectivity index is 1.68. The molecule has 1 aliphatic rings. The van der Waals surface area contributed by atoms with E-state index in [0.29, 0.717) is 24.5 Å². The van der Waals surface area contributed by atoms with Crippen LogP contribution in [0.4, 0.5) is 5.82 Å². The summed E-state index contributed by atoms with van der Waals surface area (Å²) in [7, 11) is 0. The maximum absolute atomic E-state index is 11.6. The van der Waals surface area contributed by atoms with Gasteiger partial charge in [-0.1, -0.05) is 0 Å². The lowest BCUT2D eigenvalue weighted by Gasteiger charge is -2.06. The monoisotopic (exact) mass is 248 g/mol. The van der Waals surface area contributed by atoms with Gasteiger partial charge in [0, 0.05) is 25.2 Å². The first-order chi connectivity index (χ1) is 8.66. The average molecular weight is 248 g/mol. The molecule has 1 aliphatic carbocycles. The zero-order chi connectivity index (χ0) is 13.0. The van der Waals surface area contributed by atoms with Gasteiger partial charge in [-0.3, -0.25) is 9.59 Å². The lowest BCUT2D eigenvalue weighted by Crippen LogP contribution is -2.35. The fourth-order valence-electron chi connectivity index (χ4n) is 1.49. The fourth-order valence-corrected chi connectivity index (χ4v) is 1.49. The summed E-state index contributed by atoms with van der Waals surface area (Å²) in [6.07, 6.45) is 3.39. The Morgan fingerprint density at radius 3 is 2.61 bits per heavy atom. The van der Waals surface area contributed by atoms with E-state index in [9.17, 15) is 9.59 Å². The third kappa shape index (κ3) is 3.44. The van der Waals surface area contributed by atoms with E-state index in [2.05, 4.69) is 15.6 Å². The molecule has 18 heavy (non-hydrogen) atoms. The first-order valence-corrected chi connectivity index (χ1v) is 5.94. The van der Waals surface area contributed by atoms with Gasteiger partial charge < -0.3 is 16.4 Å². The molecule has 0 radical (unpaired) electrons. The molecule has 0 saturated heterocycles. The second kappa shape index (κ2) is 5.48. The van der Waals surface area contributed by atoms with Gasteiger partial charge in [-0.2, -0.15) is 0 Å². The summed E-state index contributed by atoms with van der Waals surface area (Å²) in [4.78, 5) is 26.8. The molecule has 4 N–H and O–H groups in total. The molecule has 96 valence electrons. The quantitative estimate of drug-likeness (QED) is 0.635. The van der Waals surface area contributed by atoms with Gasteiger partial charge >= 0.3 is 0 Å². The second-order valence-corrected chi connectivity index (χ2v) is 4.29. The van der Waals surface area contributed by atoms with Crippen LogP contribution in [0.2, 0.25) is 0 Å². The number of aromatic nitrogens is 1. The summed E-state index contributed by atoms with van der Waals surface area (Å²) in [6, 6.07) is 3.18. The molecule has 1 heterocycles. The van der Waals surface area contributed by atoms with Gasteiger partial charge in [-0.25, -0.2) is 4.98 Å². The predicted molar refractivity (Wildman–Crippen MR) is 66.7 cm³/mol. The van der Waals surface area contributed by atoms with Crippen molar-refractivity contribution in [1.82, 2.24) is 15.6 Å². The van der Waals surface area contributed by atoms with E-state index >= 15 is 0 Å². The van der Waals surface area contributed by atoms with E-state index in [4.69, 9.17) is 5.73 Å². The van der Waals surface area contributed by atoms with Gasteiger partial charge in [-0.15, -0.1) is 0 Å². The van der Waals surface area contributed by atoms with E-state index in [-0.39, 0.29) is 17.7 Å². The highest BCUT2D eigenvalue weighted by atomic mass is 16.2. The van der Waals surface area contributed by atoms with Crippen LogP contribution in [0.1, 0.15) is 23.2 Å². The van der Waals surface area contributed by atoms with Crippen LogP contribution in [0.5, 0.6) is 0 Å². The highest BCUT2D eigenvalue weighted by Crippen LogP contribution is 2.28. The molecule has 1 fully saturated rings. The van der Waals surface area contributed by atoms with E-state index in [1.54, 1.807) is 12.1 Å². The van der Waals surface area contributed by atoms with Gasteiger partial charge in [0.15, 0.2) is 0 Å². The van der Waals surface area contributed by atoms with Crippen LogP contribution in [0.25, 0.3) is 0 Å². The first kappa shape index (κ1) is 12.3. The lowest BCUT2D eigenvalue weighted by atomic mass is 10.2. The van der Waals surface area contributed by atoms with Gasteiger partial charge in [0.25, 0.3) is 5.91 Å². The molecule has 6 nitrogen and oxygen atoms in total.